The van der Waals surface area contributed by atoms with Crippen LogP contribution in [0, 0.1) is 0 Å². The van der Waals surface area contributed by atoms with E-state index in [9.17, 15) is 0 Å². The summed E-state index contributed by atoms with van der Waals surface area (Å²) < 4.78 is 7.26. The molecule has 4 nitrogen and oxygen atoms in total. The van der Waals surface area contributed by atoms with Crippen molar-refractivity contribution in [1.29, 1.82) is 0 Å². The molecule has 1 aliphatic carbocycles. The lowest BCUT2D eigenvalue weighted by Crippen LogP contribution is -2.21. The van der Waals surface area contributed by atoms with Crippen LogP contribution < -0.4 is 0 Å². The van der Waals surface area contributed by atoms with E-state index >= 15 is 0 Å². The maximum absolute atomic E-state index is 5.56. The fourth-order valence-corrected chi connectivity index (χ4v) is 1.20. The standard InChI is InChI=1S/C8H13N3O/c1-11-5-7(9-10-11)6-12-8-3-2-4-8/h5,8H,2-4,6H2,1H3. The molecule has 0 aromatic carbocycles. The van der Waals surface area contributed by atoms with Crippen molar-refractivity contribution >= 4 is 0 Å². The van der Waals surface area contributed by atoms with E-state index in [0.717, 1.165) is 5.69 Å². The van der Waals surface area contributed by atoms with Gasteiger partial charge in [0.2, 0.25) is 0 Å². The average Bonchev–Trinajstić information content (AvgIpc) is 2.32. The summed E-state index contributed by atoms with van der Waals surface area (Å²) in [6, 6.07) is 0. The van der Waals surface area contributed by atoms with E-state index in [4.69, 9.17) is 4.74 Å². The van der Waals surface area contributed by atoms with Gasteiger partial charge in [0.25, 0.3) is 0 Å². The molecule has 0 bridgehead atoms. The lowest BCUT2D eigenvalue weighted by molar-refractivity contribution is -0.0101. The molecule has 1 aromatic heterocycles. The molecule has 0 spiro atoms. The topological polar surface area (TPSA) is 39.9 Å². The van der Waals surface area contributed by atoms with Crippen molar-refractivity contribution < 1.29 is 4.74 Å². The van der Waals surface area contributed by atoms with Crippen LogP contribution >= 0.6 is 0 Å². The SMILES string of the molecule is Cn1cc(COC2CCC2)nn1. The lowest BCUT2D eigenvalue weighted by atomic mass is 9.96. The van der Waals surface area contributed by atoms with E-state index in [-0.39, 0.29) is 0 Å². The van der Waals surface area contributed by atoms with Crippen molar-refractivity contribution in [3.8, 4) is 0 Å². The molecular weight excluding hydrogens is 154 g/mol. The van der Waals surface area contributed by atoms with Gasteiger partial charge in [0.1, 0.15) is 5.69 Å². The van der Waals surface area contributed by atoms with Crippen LogP contribution in [0.1, 0.15) is 25.0 Å². The zero-order chi connectivity index (χ0) is 8.39. The number of aryl methyl sites for hydroxylation is 1. The largest absolute Gasteiger partial charge is 0.372 e. The summed E-state index contributed by atoms with van der Waals surface area (Å²) in [7, 11) is 1.86. The predicted octanol–water partition coefficient (Wildman–Crippen LogP) is 0.884. The Labute approximate surface area is 71.5 Å². The minimum absolute atomic E-state index is 0.479. The van der Waals surface area contributed by atoms with E-state index in [2.05, 4.69) is 10.3 Å². The molecule has 1 fully saturated rings. The highest BCUT2D eigenvalue weighted by atomic mass is 16.5. The fraction of sp³-hybridized carbons (Fsp3) is 0.750. The third-order valence-electron chi connectivity index (χ3n) is 2.17. The second-order valence-corrected chi connectivity index (χ2v) is 3.25. The van der Waals surface area contributed by atoms with Crippen LogP contribution in [0.3, 0.4) is 0 Å². The maximum atomic E-state index is 5.56. The Balaban J connectivity index is 1.79. The number of aromatic nitrogens is 3. The monoisotopic (exact) mass is 167 g/mol. The van der Waals surface area contributed by atoms with Crippen LogP contribution in [0.25, 0.3) is 0 Å². The van der Waals surface area contributed by atoms with Gasteiger partial charge >= 0.3 is 0 Å². The molecule has 0 aliphatic heterocycles. The van der Waals surface area contributed by atoms with Crippen molar-refractivity contribution in [2.24, 2.45) is 7.05 Å². The summed E-state index contributed by atoms with van der Waals surface area (Å²) in [5.41, 5.74) is 0.921. The van der Waals surface area contributed by atoms with Gasteiger partial charge in [-0.1, -0.05) is 5.21 Å². The number of hydrogen-bond acceptors (Lipinski definition) is 3. The van der Waals surface area contributed by atoms with E-state index in [1.54, 1.807) is 4.68 Å². The van der Waals surface area contributed by atoms with E-state index in [1.807, 2.05) is 13.2 Å². The molecule has 2 rings (SSSR count). The highest BCUT2D eigenvalue weighted by Crippen LogP contribution is 2.22. The Hall–Kier alpha value is -0.900. The number of hydrogen-bond donors (Lipinski definition) is 0. The van der Waals surface area contributed by atoms with E-state index in [1.165, 1.54) is 19.3 Å². The van der Waals surface area contributed by atoms with E-state index < -0.39 is 0 Å². The molecule has 1 heterocycles. The van der Waals surface area contributed by atoms with Gasteiger partial charge in [-0.2, -0.15) is 0 Å². The highest BCUT2D eigenvalue weighted by molar-refractivity contribution is 4.89. The lowest BCUT2D eigenvalue weighted by Gasteiger charge is -2.24. The molecule has 0 N–H and O–H groups in total. The summed E-state index contributed by atoms with van der Waals surface area (Å²) in [5, 5.41) is 7.76. The molecule has 12 heavy (non-hydrogen) atoms. The Bertz CT molecular complexity index is 255. The van der Waals surface area contributed by atoms with Crippen LogP contribution in [0.5, 0.6) is 0 Å². The number of ether oxygens (including phenoxy) is 1. The van der Waals surface area contributed by atoms with Crippen LogP contribution in [0.2, 0.25) is 0 Å². The van der Waals surface area contributed by atoms with Gasteiger partial charge in [-0.15, -0.1) is 5.10 Å². The van der Waals surface area contributed by atoms with Crippen molar-refractivity contribution in [3.63, 3.8) is 0 Å². The predicted molar refractivity (Wildman–Crippen MR) is 43.4 cm³/mol. The first-order chi connectivity index (χ1) is 5.84. The van der Waals surface area contributed by atoms with Gasteiger partial charge in [0.05, 0.1) is 18.9 Å². The molecule has 66 valence electrons. The molecular formula is C8H13N3O. The van der Waals surface area contributed by atoms with Gasteiger partial charge in [0.15, 0.2) is 0 Å². The van der Waals surface area contributed by atoms with Crippen molar-refractivity contribution in [1.82, 2.24) is 15.0 Å². The summed E-state index contributed by atoms with van der Waals surface area (Å²) in [4.78, 5) is 0. The number of nitrogens with zero attached hydrogens (tertiary/aromatic N) is 3. The van der Waals surface area contributed by atoms with Crippen LogP contribution in [0.15, 0.2) is 6.20 Å². The zero-order valence-electron chi connectivity index (χ0n) is 7.23. The summed E-state index contributed by atoms with van der Waals surface area (Å²) in [6.45, 7) is 0.610. The Morgan fingerprint density at radius 3 is 3.00 bits per heavy atom. The fourth-order valence-electron chi connectivity index (χ4n) is 1.20. The quantitative estimate of drug-likeness (QED) is 0.671. The second kappa shape index (κ2) is 3.23. The molecule has 0 atom stereocenters. The molecule has 4 heteroatoms. The van der Waals surface area contributed by atoms with Crippen LogP contribution in [-0.4, -0.2) is 21.1 Å². The highest BCUT2D eigenvalue weighted by Gasteiger charge is 2.17. The summed E-state index contributed by atoms with van der Waals surface area (Å²) >= 11 is 0. The molecule has 0 saturated heterocycles. The summed E-state index contributed by atoms with van der Waals surface area (Å²) in [6.07, 6.45) is 6.09. The third-order valence-corrected chi connectivity index (χ3v) is 2.17. The van der Waals surface area contributed by atoms with Crippen molar-refractivity contribution in [3.05, 3.63) is 11.9 Å². The van der Waals surface area contributed by atoms with Gasteiger partial charge in [-0.25, -0.2) is 0 Å². The first-order valence-corrected chi connectivity index (χ1v) is 4.31. The van der Waals surface area contributed by atoms with Crippen molar-refractivity contribution in [2.75, 3.05) is 0 Å². The van der Waals surface area contributed by atoms with Crippen LogP contribution in [0.4, 0.5) is 0 Å². The van der Waals surface area contributed by atoms with Crippen molar-refractivity contribution in [2.45, 2.75) is 32.0 Å². The van der Waals surface area contributed by atoms with Gasteiger partial charge in [0, 0.05) is 7.05 Å². The average molecular weight is 167 g/mol. The van der Waals surface area contributed by atoms with Gasteiger partial charge in [-0.05, 0) is 19.3 Å². The summed E-state index contributed by atoms with van der Waals surface area (Å²) in [5.74, 6) is 0. The molecule has 0 amide bonds. The zero-order valence-corrected chi connectivity index (χ0v) is 7.23. The Morgan fingerprint density at radius 1 is 1.67 bits per heavy atom. The molecule has 0 unspecified atom stereocenters. The first-order valence-electron chi connectivity index (χ1n) is 4.31. The van der Waals surface area contributed by atoms with E-state index in [0.29, 0.717) is 12.7 Å². The molecule has 1 saturated carbocycles. The molecule has 1 aliphatic rings. The van der Waals surface area contributed by atoms with Gasteiger partial charge < -0.3 is 4.74 Å². The third kappa shape index (κ3) is 1.64. The van der Waals surface area contributed by atoms with Crippen LogP contribution in [-0.2, 0) is 18.4 Å². The minimum Gasteiger partial charge on any atom is -0.372 e. The molecule has 1 aromatic rings. The minimum atomic E-state index is 0.479. The first kappa shape index (κ1) is 7.73. The Kier molecular flexibility index (Phi) is 2.08. The second-order valence-electron chi connectivity index (χ2n) is 3.25. The molecule has 0 radical (unpaired) electrons. The Morgan fingerprint density at radius 2 is 2.50 bits per heavy atom. The normalized spacial score (nSPS) is 17.8. The maximum Gasteiger partial charge on any atom is 0.108 e. The smallest absolute Gasteiger partial charge is 0.108 e. The van der Waals surface area contributed by atoms with Gasteiger partial charge in [-0.3, -0.25) is 4.68 Å². The number of rotatable bonds is 3.